The van der Waals surface area contributed by atoms with Gasteiger partial charge in [0.05, 0.1) is 17.3 Å². The van der Waals surface area contributed by atoms with E-state index in [0.717, 1.165) is 64.2 Å². The van der Waals surface area contributed by atoms with E-state index in [1.165, 1.54) is 32.3 Å². The van der Waals surface area contributed by atoms with Crippen molar-refractivity contribution in [3.63, 3.8) is 0 Å². The highest BCUT2D eigenvalue weighted by Gasteiger charge is 2.44. The lowest BCUT2D eigenvalue weighted by Crippen LogP contribution is -2.48. The molecular weight excluding hydrogens is 566 g/mol. The monoisotopic (exact) mass is 617 g/mol. The van der Waals surface area contributed by atoms with Crippen molar-refractivity contribution >= 4 is 17.3 Å². The minimum atomic E-state index is -0.708. The summed E-state index contributed by atoms with van der Waals surface area (Å²) in [6.07, 6.45) is 4.16. The molecular formula is C37H51N3O3S. The number of benzene rings is 2. The molecule has 3 aromatic rings. The number of thiazole rings is 1. The van der Waals surface area contributed by atoms with Crippen LogP contribution in [0.2, 0.25) is 0 Å². The van der Waals surface area contributed by atoms with Crippen molar-refractivity contribution in [2.75, 3.05) is 39.3 Å². The molecule has 7 heteroatoms. The normalized spacial score (nSPS) is 21.0. The first-order valence-corrected chi connectivity index (χ1v) is 17.3. The highest BCUT2D eigenvalue weighted by Crippen LogP contribution is 2.40. The third kappa shape index (κ3) is 7.72. The SMILES string of the molecule is CCOc1ccc(Cc2nc(CC)c(C3CCN(CC4CN(C(C(=O)O)C(C)(C)C)CC4c4cccc(C)c4)CC3)s2)cc1. The Labute approximate surface area is 268 Å². The Balaban J connectivity index is 1.25. The van der Waals surface area contributed by atoms with Gasteiger partial charge in [0.2, 0.25) is 0 Å². The first kappa shape index (κ1) is 32.6. The van der Waals surface area contributed by atoms with Gasteiger partial charge in [0.25, 0.3) is 0 Å². The molecule has 3 unspecified atom stereocenters. The molecule has 0 amide bonds. The highest BCUT2D eigenvalue weighted by atomic mass is 32.1. The number of likely N-dealkylation sites (tertiary alicyclic amines) is 2. The summed E-state index contributed by atoms with van der Waals surface area (Å²) in [6.45, 7) is 18.1. The number of carbonyl (C=O) groups is 1. The van der Waals surface area contributed by atoms with E-state index in [2.05, 4.69) is 92.9 Å². The molecule has 2 aliphatic heterocycles. The lowest BCUT2D eigenvalue weighted by Gasteiger charge is -2.36. The lowest BCUT2D eigenvalue weighted by atomic mass is 9.85. The molecule has 5 rings (SSSR count). The van der Waals surface area contributed by atoms with Gasteiger partial charge in [0.15, 0.2) is 0 Å². The number of aryl methyl sites for hydroxylation is 2. The minimum absolute atomic E-state index is 0.326. The number of carboxylic acids is 1. The van der Waals surface area contributed by atoms with Gasteiger partial charge in [-0.2, -0.15) is 0 Å². The minimum Gasteiger partial charge on any atom is -0.494 e. The van der Waals surface area contributed by atoms with Crippen LogP contribution in [0.5, 0.6) is 5.75 Å². The number of piperidine rings is 1. The van der Waals surface area contributed by atoms with Crippen LogP contribution in [0.15, 0.2) is 48.5 Å². The van der Waals surface area contributed by atoms with Gasteiger partial charge in [0.1, 0.15) is 11.8 Å². The van der Waals surface area contributed by atoms with Crippen molar-refractivity contribution in [2.24, 2.45) is 11.3 Å². The van der Waals surface area contributed by atoms with E-state index in [1.807, 2.05) is 18.3 Å². The molecule has 2 aliphatic rings. The Morgan fingerprint density at radius 1 is 1.09 bits per heavy atom. The first-order valence-electron chi connectivity index (χ1n) is 16.5. The Morgan fingerprint density at radius 3 is 2.43 bits per heavy atom. The molecule has 2 fully saturated rings. The van der Waals surface area contributed by atoms with Gasteiger partial charge in [-0.05, 0) is 86.7 Å². The predicted molar refractivity (Wildman–Crippen MR) is 180 cm³/mol. The van der Waals surface area contributed by atoms with Crippen molar-refractivity contribution in [1.29, 1.82) is 0 Å². The molecule has 0 aliphatic carbocycles. The summed E-state index contributed by atoms with van der Waals surface area (Å²) >= 11 is 1.92. The number of hydrogen-bond acceptors (Lipinski definition) is 6. The standard InChI is InChI=1S/C37H51N3O3S/c1-7-32-34(44-33(38-32)21-26-12-14-30(15-13-26)43-8-2)27-16-18-39(19-17-27)22-29-23-40(35(36(41)42)37(4,5)6)24-31(29)28-11-9-10-25(3)20-28/h9-15,20,27,29,31,35H,7-8,16-19,21-24H2,1-6H3,(H,41,42). The zero-order valence-corrected chi connectivity index (χ0v) is 28.3. The second-order valence-electron chi connectivity index (χ2n) is 13.9. The number of hydrogen-bond donors (Lipinski definition) is 1. The van der Waals surface area contributed by atoms with Gasteiger partial charge in [-0.3, -0.25) is 9.69 Å². The van der Waals surface area contributed by atoms with Crippen LogP contribution in [-0.2, 0) is 17.6 Å². The van der Waals surface area contributed by atoms with Crippen LogP contribution in [0, 0.1) is 18.3 Å². The first-order chi connectivity index (χ1) is 21.0. The van der Waals surface area contributed by atoms with Gasteiger partial charge in [-0.15, -0.1) is 11.3 Å². The van der Waals surface area contributed by atoms with Crippen LogP contribution in [0.3, 0.4) is 0 Å². The number of rotatable bonds is 11. The summed E-state index contributed by atoms with van der Waals surface area (Å²) in [6, 6.07) is 16.8. The second kappa shape index (κ2) is 14.1. The zero-order chi connectivity index (χ0) is 31.4. The summed E-state index contributed by atoms with van der Waals surface area (Å²) in [4.78, 5) is 23.9. The topological polar surface area (TPSA) is 65.9 Å². The molecule has 3 atom stereocenters. The molecule has 0 bridgehead atoms. The Hall–Kier alpha value is -2.74. The zero-order valence-electron chi connectivity index (χ0n) is 27.5. The van der Waals surface area contributed by atoms with Crippen molar-refractivity contribution in [2.45, 2.75) is 85.1 Å². The average molecular weight is 618 g/mol. The molecule has 0 saturated carbocycles. The molecule has 238 valence electrons. The smallest absolute Gasteiger partial charge is 0.321 e. The van der Waals surface area contributed by atoms with Gasteiger partial charge < -0.3 is 14.7 Å². The van der Waals surface area contributed by atoms with E-state index >= 15 is 0 Å². The maximum absolute atomic E-state index is 12.4. The van der Waals surface area contributed by atoms with Gasteiger partial charge in [-0.25, -0.2) is 4.98 Å². The molecule has 6 nitrogen and oxygen atoms in total. The van der Waals surface area contributed by atoms with Crippen LogP contribution < -0.4 is 4.74 Å². The highest BCUT2D eigenvalue weighted by molar-refractivity contribution is 7.11. The average Bonchev–Trinajstić information content (AvgIpc) is 3.57. The molecule has 2 aromatic carbocycles. The summed E-state index contributed by atoms with van der Waals surface area (Å²) < 4.78 is 5.61. The van der Waals surface area contributed by atoms with Crippen LogP contribution in [0.1, 0.15) is 91.6 Å². The van der Waals surface area contributed by atoms with Crippen LogP contribution in [-0.4, -0.2) is 71.2 Å². The molecule has 44 heavy (non-hydrogen) atoms. The fourth-order valence-electron chi connectivity index (χ4n) is 7.47. The predicted octanol–water partition coefficient (Wildman–Crippen LogP) is 7.40. The van der Waals surface area contributed by atoms with E-state index in [0.29, 0.717) is 24.4 Å². The van der Waals surface area contributed by atoms with Gasteiger partial charge >= 0.3 is 5.97 Å². The Bertz CT molecular complexity index is 1390. The second-order valence-corrected chi connectivity index (χ2v) is 15.1. The summed E-state index contributed by atoms with van der Waals surface area (Å²) in [7, 11) is 0. The molecule has 0 radical (unpaired) electrons. The summed E-state index contributed by atoms with van der Waals surface area (Å²) in [5.74, 6) is 1.53. The quantitative estimate of drug-likeness (QED) is 0.242. The number of aliphatic carboxylic acids is 1. The van der Waals surface area contributed by atoms with Crippen molar-refractivity contribution < 1.29 is 14.6 Å². The van der Waals surface area contributed by atoms with Crippen LogP contribution >= 0.6 is 11.3 Å². The van der Waals surface area contributed by atoms with Crippen molar-refractivity contribution in [3.05, 3.63) is 80.8 Å². The van der Waals surface area contributed by atoms with Crippen molar-refractivity contribution in [3.8, 4) is 5.75 Å². The van der Waals surface area contributed by atoms with E-state index in [1.54, 1.807) is 0 Å². The molecule has 1 aromatic heterocycles. The lowest BCUT2D eigenvalue weighted by molar-refractivity contribution is -0.147. The number of ether oxygens (including phenoxy) is 1. The number of nitrogens with zero attached hydrogens (tertiary/aromatic N) is 3. The van der Waals surface area contributed by atoms with Gasteiger partial charge in [-0.1, -0.05) is 69.7 Å². The Morgan fingerprint density at radius 2 is 1.82 bits per heavy atom. The third-order valence-corrected chi connectivity index (χ3v) is 10.8. The molecule has 0 spiro atoms. The van der Waals surface area contributed by atoms with E-state index in [9.17, 15) is 9.90 Å². The maximum atomic E-state index is 12.4. The number of carboxylic acid groups (broad SMARTS) is 1. The maximum Gasteiger partial charge on any atom is 0.321 e. The Kier molecular flexibility index (Phi) is 10.5. The van der Waals surface area contributed by atoms with Crippen LogP contribution in [0.4, 0.5) is 0 Å². The summed E-state index contributed by atoms with van der Waals surface area (Å²) in [5, 5.41) is 11.4. The largest absolute Gasteiger partial charge is 0.494 e. The molecule has 2 saturated heterocycles. The van der Waals surface area contributed by atoms with E-state index in [4.69, 9.17) is 9.72 Å². The fourth-order valence-corrected chi connectivity index (χ4v) is 8.83. The number of aromatic nitrogens is 1. The fraction of sp³-hybridized carbons (Fsp3) is 0.568. The van der Waals surface area contributed by atoms with E-state index in [-0.39, 0.29) is 5.41 Å². The molecule has 1 N–H and O–H groups in total. The van der Waals surface area contributed by atoms with Crippen LogP contribution in [0.25, 0.3) is 0 Å². The van der Waals surface area contributed by atoms with Gasteiger partial charge in [0, 0.05) is 36.9 Å². The van der Waals surface area contributed by atoms with E-state index < -0.39 is 12.0 Å². The third-order valence-electron chi connectivity index (χ3n) is 9.51. The van der Waals surface area contributed by atoms with Crippen molar-refractivity contribution in [1.82, 2.24) is 14.8 Å². The molecule has 3 heterocycles. The summed E-state index contributed by atoms with van der Waals surface area (Å²) in [5.41, 5.74) is 4.85.